The molecule has 0 unspecified atom stereocenters. The Morgan fingerprint density at radius 2 is 1.81 bits per heavy atom. The van der Waals surface area contributed by atoms with E-state index in [0.717, 1.165) is 11.1 Å². The predicted octanol–water partition coefficient (Wildman–Crippen LogP) is 4.50. The highest BCUT2D eigenvalue weighted by Gasteiger charge is 2.15. The van der Waals surface area contributed by atoms with Crippen LogP contribution in [0.5, 0.6) is 0 Å². The molecule has 0 saturated heterocycles. The van der Waals surface area contributed by atoms with Gasteiger partial charge in [0.2, 0.25) is 5.91 Å². The molecule has 3 rings (SSSR count). The Labute approximate surface area is 161 Å². The van der Waals surface area contributed by atoms with Gasteiger partial charge in [-0.25, -0.2) is 0 Å². The van der Waals surface area contributed by atoms with E-state index in [0.29, 0.717) is 27.5 Å². The van der Waals surface area contributed by atoms with Gasteiger partial charge in [0.25, 0.3) is 5.56 Å². The minimum Gasteiger partial charge on any atom is -0.326 e. The molecular weight excluding hydrogens is 362 g/mol. The topological polar surface area (TPSA) is 85.8 Å². The third-order valence-corrected chi connectivity index (χ3v) is 4.33. The maximum Gasteiger partial charge on any atom is 0.266 e. The lowest BCUT2D eigenvalue weighted by Crippen LogP contribution is -2.14. The fourth-order valence-electron chi connectivity index (χ4n) is 2.81. The van der Waals surface area contributed by atoms with Crippen LogP contribution in [0.15, 0.2) is 53.3 Å². The summed E-state index contributed by atoms with van der Waals surface area (Å²) in [6.07, 6.45) is 0. The summed E-state index contributed by atoms with van der Waals surface area (Å²) in [4.78, 5) is 26.8. The second kappa shape index (κ2) is 7.48. The van der Waals surface area contributed by atoms with Gasteiger partial charge in [-0.1, -0.05) is 41.4 Å². The fraction of sp³-hybridized carbons (Fsp3) is 0.0952. The lowest BCUT2D eigenvalue weighted by Gasteiger charge is -2.13. The van der Waals surface area contributed by atoms with Gasteiger partial charge in [-0.2, -0.15) is 5.26 Å². The van der Waals surface area contributed by atoms with Crippen LogP contribution in [0.3, 0.4) is 0 Å². The molecule has 134 valence electrons. The van der Waals surface area contributed by atoms with Crippen molar-refractivity contribution in [3.63, 3.8) is 0 Å². The Balaban J connectivity index is 2.26. The lowest BCUT2D eigenvalue weighted by atomic mass is 9.98. The number of aryl methyl sites for hydroxylation is 1. The number of pyridine rings is 1. The van der Waals surface area contributed by atoms with Gasteiger partial charge in [0.1, 0.15) is 11.6 Å². The number of halogens is 1. The predicted molar refractivity (Wildman–Crippen MR) is 107 cm³/mol. The van der Waals surface area contributed by atoms with Crippen molar-refractivity contribution in [2.45, 2.75) is 13.8 Å². The van der Waals surface area contributed by atoms with Crippen LogP contribution in [-0.4, -0.2) is 10.9 Å². The van der Waals surface area contributed by atoms with Crippen molar-refractivity contribution in [2.75, 3.05) is 5.32 Å². The average molecular weight is 378 g/mol. The molecule has 5 nitrogen and oxygen atoms in total. The third kappa shape index (κ3) is 3.91. The van der Waals surface area contributed by atoms with Gasteiger partial charge < -0.3 is 10.3 Å². The summed E-state index contributed by atoms with van der Waals surface area (Å²) in [5.74, 6) is -0.242. The molecule has 0 aliphatic carbocycles. The molecule has 1 heterocycles. The van der Waals surface area contributed by atoms with Crippen molar-refractivity contribution in [3.05, 3.63) is 75.0 Å². The number of nitrogens with zero attached hydrogens (tertiary/aromatic N) is 1. The van der Waals surface area contributed by atoms with E-state index in [4.69, 9.17) is 11.6 Å². The molecule has 0 aliphatic rings. The molecule has 27 heavy (non-hydrogen) atoms. The molecule has 0 atom stereocenters. The van der Waals surface area contributed by atoms with Gasteiger partial charge in [-0.15, -0.1) is 0 Å². The SMILES string of the molecule is CC(=O)Nc1ccc(Cl)cc1-c1cc(-c2ccc(C)cc2)c(C#N)c(=O)[nH]1. The number of H-pyrrole nitrogens is 1. The summed E-state index contributed by atoms with van der Waals surface area (Å²) < 4.78 is 0. The van der Waals surface area contributed by atoms with E-state index in [9.17, 15) is 14.9 Å². The van der Waals surface area contributed by atoms with Crippen molar-refractivity contribution in [2.24, 2.45) is 0 Å². The summed E-state index contributed by atoms with van der Waals surface area (Å²) >= 11 is 6.12. The standard InChI is InChI=1S/C21H16ClN3O2/c1-12-3-5-14(6-4-12)16-10-20(25-21(27)18(16)11-23)17-9-15(22)7-8-19(17)24-13(2)26/h3-10H,1-2H3,(H,24,26)(H,25,27). The minimum atomic E-state index is -0.501. The molecular formula is C21H16ClN3O2. The molecule has 0 bridgehead atoms. The van der Waals surface area contributed by atoms with Crippen molar-refractivity contribution in [1.29, 1.82) is 5.26 Å². The maximum absolute atomic E-state index is 12.5. The number of carbonyl (C=O) groups is 1. The Kier molecular flexibility index (Phi) is 5.11. The Hall–Kier alpha value is -3.36. The van der Waals surface area contributed by atoms with E-state index in [1.54, 1.807) is 24.3 Å². The Morgan fingerprint density at radius 1 is 1.11 bits per heavy atom. The van der Waals surface area contributed by atoms with E-state index in [-0.39, 0.29) is 11.5 Å². The van der Waals surface area contributed by atoms with E-state index >= 15 is 0 Å². The lowest BCUT2D eigenvalue weighted by molar-refractivity contribution is -0.114. The summed E-state index contributed by atoms with van der Waals surface area (Å²) in [6.45, 7) is 3.36. The summed E-state index contributed by atoms with van der Waals surface area (Å²) in [7, 11) is 0. The number of hydrogen-bond acceptors (Lipinski definition) is 3. The summed E-state index contributed by atoms with van der Waals surface area (Å²) in [5.41, 5.74) is 3.42. The molecule has 2 aromatic carbocycles. The van der Waals surface area contributed by atoms with Crippen LogP contribution >= 0.6 is 11.6 Å². The monoisotopic (exact) mass is 377 g/mol. The smallest absolute Gasteiger partial charge is 0.266 e. The van der Waals surface area contributed by atoms with E-state index in [1.165, 1.54) is 6.92 Å². The second-order valence-corrected chi connectivity index (χ2v) is 6.59. The molecule has 0 saturated carbocycles. The molecule has 0 radical (unpaired) electrons. The zero-order valence-corrected chi connectivity index (χ0v) is 15.5. The number of carbonyl (C=O) groups excluding carboxylic acids is 1. The van der Waals surface area contributed by atoms with Crippen molar-refractivity contribution >= 4 is 23.2 Å². The molecule has 0 aliphatic heterocycles. The first-order valence-electron chi connectivity index (χ1n) is 8.21. The molecule has 0 spiro atoms. The Morgan fingerprint density at radius 3 is 2.44 bits per heavy atom. The normalized spacial score (nSPS) is 10.3. The van der Waals surface area contributed by atoms with Crippen LogP contribution in [0.4, 0.5) is 5.69 Å². The number of benzene rings is 2. The summed E-state index contributed by atoms with van der Waals surface area (Å²) in [5, 5.41) is 12.6. The highest BCUT2D eigenvalue weighted by atomic mass is 35.5. The molecule has 2 N–H and O–H groups in total. The summed E-state index contributed by atoms with van der Waals surface area (Å²) in [6, 6.07) is 16.2. The van der Waals surface area contributed by atoms with Crippen molar-refractivity contribution < 1.29 is 4.79 Å². The zero-order valence-electron chi connectivity index (χ0n) is 14.8. The van der Waals surface area contributed by atoms with Crippen LogP contribution in [0.1, 0.15) is 18.1 Å². The minimum absolute atomic E-state index is 0.0331. The first kappa shape index (κ1) is 18.4. The van der Waals surface area contributed by atoms with Crippen molar-refractivity contribution in [1.82, 2.24) is 4.98 Å². The molecule has 6 heteroatoms. The third-order valence-electron chi connectivity index (χ3n) is 4.09. The van der Waals surface area contributed by atoms with Gasteiger partial charge in [0.15, 0.2) is 0 Å². The van der Waals surface area contributed by atoms with Gasteiger partial charge in [-0.05, 0) is 36.8 Å². The van der Waals surface area contributed by atoms with Crippen LogP contribution in [0.2, 0.25) is 5.02 Å². The van der Waals surface area contributed by atoms with Gasteiger partial charge in [0, 0.05) is 23.1 Å². The zero-order chi connectivity index (χ0) is 19.6. The second-order valence-electron chi connectivity index (χ2n) is 6.15. The van der Waals surface area contributed by atoms with Crippen LogP contribution in [-0.2, 0) is 4.79 Å². The number of amides is 1. The number of nitrogens with one attached hydrogen (secondary N) is 2. The largest absolute Gasteiger partial charge is 0.326 e. The van der Waals surface area contributed by atoms with Crippen LogP contribution < -0.4 is 10.9 Å². The number of anilines is 1. The van der Waals surface area contributed by atoms with Gasteiger partial charge in [-0.3, -0.25) is 9.59 Å². The number of aromatic amines is 1. The fourth-order valence-corrected chi connectivity index (χ4v) is 2.99. The number of nitriles is 1. The van der Waals surface area contributed by atoms with E-state index < -0.39 is 5.56 Å². The van der Waals surface area contributed by atoms with Gasteiger partial charge >= 0.3 is 0 Å². The first-order chi connectivity index (χ1) is 12.9. The molecule has 0 fully saturated rings. The van der Waals surface area contributed by atoms with Gasteiger partial charge in [0.05, 0.1) is 11.4 Å². The highest BCUT2D eigenvalue weighted by Crippen LogP contribution is 2.32. The van der Waals surface area contributed by atoms with Crippen LogP contribution in [0, 0.1) is 18.3 Å². The molecule has 3 aromatic rings. The number of rotatable bonds is 3. The number of aromatic nitrogens is 1. The highest BCUT2D eigenvalue weighted by molar-refractivity contribution is 6.31. The van der Waals surface area contributed by atoms with E-state index in [1.807, 2.05) is 37.3 Å². The number of hydrogen-bond donors (Lipinski definition) is 2. The van der Waals surface area contributed by atoms with Crippen LogP contribution in [0.25, 0.3) is 22.4 Å². The van der Waals surface area contributed by atoms with E-state index in [2.05, 4.69) is 10.3 Å². The molecule has 1 aromatic heterocycles. The quantitative estimate of drug-likeness (QED) is 0.704. The maximum atomic E-state index is 12.5. The molecule has 1 amide bonds. The average Bonchev–Trinajstić information content (AvgIpc) is 2.63. The Bertz CT molecular complexity index is 1130. The first-order valence-corrected chi connectivity index (χ1v) is 8.59. The van der Waals surface area contributed by atoms with Crippen molar-refractivity contribution in [3.8, 4) is 28.5 Å².